The highest BCUT2D eigenvalue weighted by atomic mass is 35.5. The first-order valence-corrected chi connectivity index (χ1v) is 9.43. The van der Waals surface area contributed by atoms with Crippen molar-refractivity contribution in [2.45, 2.75) is 6.42 Å². The van der Waals surface area contributed by atoms with E-state index in [1.54, 1.807) is 26.3 Å². The Morgan fingerprint density at radius 1 is 1.15 bits per heavy atom. The van der Waals surface area contributed by atoms with Gasteiger partial charge in [-0.05, 0) is 53.6 Å². The van der Waals surface area contributed by atoms with Crippen LogP contribution >= 0.6 is 22.9 Å². The monoisotopic (exact) mass is 399 g/mol. The van der Waals surface area contributed by atoms with Gasteiger partial charge in [-0.2, -0.15) is 0 Å². The number of rotatable bonds is 6. The molecule has 4 nitrogen and oxygen atoms in total. The maximum atomic E-state index is 11.3. The molecule has 27 heavy (non-hydrogen) atoms. The van der Waals surface area contributed by atoms with Crippen LogP contribution in [0.25, 0.3) is 10.4 Å². The van der Waals surface area contributed by atoms with Crippen LogP contribution in [0.15, 0.2) is 59.6 Å². The van der Waals surface area contributed by atoms with E-state index in [0.29, 0.717) is 5.02 Å². The predicted octanol–water partition coefficient (Wildman–Crippen LogP) is 5.17. The number of aliphatic imine (C=N–C) groups is 1. The summed E-state index contributed by atoms with van der Waals surface area (Å²) in [6.45, 7) is 0. The van der Waals surface area contributed by atoms with Crippen LogP contribution in [0.3, 0.4) is 0 Å². The molecule has 0 aliphatic heterocycles. The van der Waals surface area contributed by atoms with Crippen molar-refractivity contribution in [3.05, 3.63) is 75.6 Å². The number of nitrogens with zero attached hydrogens (tertiary/aromatic N) is 1. The van der Waals surface area contributed by atoms with E-state index < -0.39 is 5.97 Å². The summed E-state index contributed by atoms with van der Waals surface area (Å²) in [5, 5.41) is 9.94. The highest BCUT2D eigenvalue weighted by Gasteiger charge is 2.17. The number of carboxylic acids is 1. The molecule has 0 radical (unpaired) electrons. The average Bonchev–Trinajstić information content (AvgIpc) is 3.06. The summed E-state index contributed by atoms with van der Waals surface area (Å²) >= 11 is 7.52. The van der Waals surface area contributed by atoms with Crippen LogP contribution in [-0.4, -0.2) is 30.9 Å². The van der Waals surface area contributed by atoms with E-state index in [4.69, 9.17) is 16.3 Å². The Labute approximate surface area is 166 Å². The number of thiophene rings is 1. The Kier molecular flexibility index (Phi) is 5.94. The summed E-state index contributed by atoms with van der Waals surface area (Å²) < 4.78 is 5.21. The topological polar surface area (TPSA) is 58.9 Å². The Hall–Kier alpha value is -2.63. The van der Waals surface area contributed by atoms with Gasteiger partial charge in [-0.1, -0.05) is 23.7 Å². The van der Waals surface area contributed by atoms with E-state index in [1.165, 1.54) is 11.3 Å². The van der Waals surface area contributed by atoms with Crippen LogP contribution in [0.2, 0.25) is 5.02 Å². The zero-order chi connectivity index (χ0) is 19.4. The van der Waals surface area contributed by atoms with Crippen molar-refractivity contribution in [1.29, 1.82) is 0 Å². The number of methoxy groups -OCH3 is 1. The van der Waals surface area contributed by atoms with Crippen LogP contribution in [0.5, 0.6) is 5.75 Å². The molecule has 0 fully saturated rings. The van der Waals surface area contributed by atoms with Gasteiger partial charge in [-0.3, -0.25) is 9.79 Å². The largest absolute Gasteiger partial charge is 0.497 e. The van der Waals surface area contributed by atoms with E-state index in [-0.39, 0.29) is 6.42 Å². The maximum absolute atomic E-state index is 11.3. The molecule has 0 unspecified atom stereocenters. The summed E-state index contributed by atoms with van der Waals surface area (Å²) in [6, 6.07) is 17.0. The Morgan fingerprint density at radius 3 is 2.37 bits per heavy atom. The first-order chi connectivity index (χ1) is 13.0. The number of carboxylic acid groups (broad SMARTS) is 1. The molecule has 0 saturated heterocycles. The number of aliphatic carboxylic acids is 1. The fraction of sp³-hybridized carbons (Fsp3) is 0.143. The average molecular weight is 400 g/mol. The zero-order valence-electron chi connectivity index (χ0n) is 14.9. The summed E-state index contributed by atoms with van der Waals surface area (Å²) in [5.41, 5.74) is 3.47. The van der Waals surface area contributed by atoms with Crippen molar-refractivity contribution < 1.29 is 14.6 Å². The summed E-state index contributed by atoms with van der Waals surface area (Å²) in [4.78, 5) is 17.6. The smallest absolute Gasteiger partial charge is 0.307 e. The molecule has 3 rings (SSSR count). The lowest BCUT2D eigenvalue weighted by atomic mass is 10.0. The van der Waals surface area contributed by atoms with Crippen LogP contribution < -0.4 is 4.74 Å². The second-order valence-electron chi connectivity index (χ2n) is 5.84. The minimum Gasteiger partial charge on any atom is -0.497 e. The Morgan fingerprint density at radius 2 is 1.81 bits per heavy atom. The van der Waals surface area contributed by atoms with E-state index in [9.17, 15) is 9.90 Å². The second-order valence-corrected chi connectivity index (χ2v) is 7.33. The van der Waals surface area contributed by atoms with Crippen molar-refractivity contribution in [2.75, 3.05) is 14.2 Å². The first kappa shape index (κ1) is 19.1. The van der Waals surface area contributed by atoms with Gasteiger partial charge in [-0.15, -0.1) is 11.3 Å². The molecule has 0 aliphatic carbocycles. The molecule has 1 aromatic heterocycles. The number of hydrogen-bond acceptors (Lipinski definition) is 4. The second kappa shape index (κ2) is 8.37. The normalized spacial score (nSPS) is 11.4. The highest BCUT2D eigenvalue weighted by molar-refractivity contribution is 7.17. The van der Waals surface area contributed by atoms with Crippen molar-refractivity contribution in [1.82, 2.24) is 0 Å². The lowest BCUT2D eigenvalue weighted by Gasteiger charge is -2.05. The fourth-order valence-electron chi connectivity index (χ4n) is 2.82. The molecule has 0 amide bonds. The summed E-state index contributed by atoms with van der Waals surface area (Å²) in [7, 11) is 3.36. The molecular weight excluding hydrogens is 382 g/mol. The van der Waals surface area contributed by atoms with Gasteiger partial charge in [0, 0.05) is 22.5 Å². The molecule has 2 aromatic carbocycles. The van der Waals surface area contributed by atoms with Crippen molar-refractivity contribution in [2.24, 2.45) is 4.99 Å². The molecule has 6 heteroatoms. The van der Waals surface area contributed by atoms with Gasteiger partial charge in [-0.25, -0.2) is 0 Å². The van der Waals surface area contributed by atoms with E-state index in [2.05, 4.69) is 4.99 Å². The molecule has 0 spiro atoms. The van der Waals surface area contributed by atoms with Crippen LogP contribution in [0.1, 0.15) is 16.0 Å². The van der Waals surface area contributed by atoms with Gasteiger partial charge in [0.25, 0.3) is 0 Å². The van der Waals surface area contributed by atoms with Gasteiger partial charge in [0.1, 0.15) is 5.75 Å². The van der Waals surface area contributed by atoms with Gasteiger partial charge in [0.2, 0.25) is 0 Å². The maximum Gasteiger partial charge on any atom is 0.307 e. The molecular formula is C21H18ClNO3S. The fourth-order valence-corrected chi connectivity index (χ4v) is 4.18. The first-order valence-electron chi connectivity index (χ1n) is 8.24. The quantitative estimate of drug-likeness (QED) is 0.581. The van der Waals surface area contributed by atoms with Crippen molar-refractivity contribution in [3.8, 4) is 16.2 Å². The molecule has 138 valence electrons. The van der Waals surface area contributed by atoms with Crippen molar-refractivity contribution in [3.63, 3.8) is 0 Å². The number of hydrogen-bond donors (Lipinski definition) is 1. The highest BCUT2D eigenvalue weighted by Crippen LogP contribution is 2.35. The molecule has 0 bridgehead atoms. The molecule has 0 aliphatic rings. The molecule has 3 aromatic rings. The Balaban J connectivity index is 2.06. The predicted molar refractivity (Wildman–Crippen MR) is 111 cm³/mol. The van der Waals surface area contributed by atoms with Crippen molar-refractivity contribution >= 4 is 34.6 Å². The third-order valence-electron chi connectivity index (χ3n) is 4.08. The van der Waals surface area contributed by atoms with Crippen LogP contribution in [0, 0.1) is 0 Å². The minimum absolute atomic E-state index is 0.0476. The summed E-state index contributed by atoms with van der Waals surface area (Å²) in [6.07, 6.45) is -0.0476. The van der Waals surface area contributed by atoms with Crippen LogP contribution in [-0.2, 0) is 11.2 Å². The third kappa shape index (κ3) is 4.38. The minimum atomic E-state index is -0.867. The zero-order valence-corrected chi connectivity index (χ0v) is 16.5. The molecule has 0 atom stereocenters. The standard InChI is InChI=1S/C21H18ClNO3S/c1-23-20(13-5-9-17(26-2)10-6-13)18-11-15(12-19(24)25)21(27-18)14-3-7-16(22)8-4-14/h3-11H,12H2,1-2H3,(H,24,25)/b23-20+. The van der Waals surface area contributed by atoms with Crippen LogP contribution in [0.4, 0.5) is 0 Å². The van der Waals surface area contributed by atoms with Gasteiger partial charge in [0.15, 0.2) is 0 Å². The summed E-state index contributed by atoms with van der Waals surface area (Å²) in [5.74, 6) is -0.0946. The lowest BCUT2D eigenvalue weighted by Crippen LogP contribution is -2.02. The van der Waals surface area contributed by atoms with Gasteiger partial charge >= 0.3 is 5.97 Å². The lowest BCUT2D eigenvalue weighted by molar-refractivity contribution is -0.136. The molecule has 1 heterocycles. The third-order valence-corrected chi connectivity index (χ3v) is 5.56. The number of halogens is 1. The van der Waals surface area contributed by atoms with Gasteiger partial charge < -0.3 is 9.84 Å². The van der Waals surface area contributed by atoms with E-state index in [1.807, 2.05) is 42.5 Å². The number of carbonyl (C=O) groups is 1. The van der Waals surface area contributed by atoms with Gasteiger partial charge in [0.05, 0.1) is 24.1 Å². The SMILES string of the molecule is C/N=C(\c1ccc(OC)cc1)c1cc(CC(=O)O)c(-c2ccc(Cl)cc2)s1. The molecule has 1 N–H and O–H groups in total. The Bertz CT molecular complexity index is 976. The number of ether oxygens (including phenoxy) is 1. The van der Waals surface area contributed by atoms with E-state index in [0.717, 1.165) is 37.9 Å². The number of benzene rings is 2. The molecule has 0 saturated carbocycles. The van der Waals surface area contributed by atoms with E-state index >= 15 is 0 Å².